The van der Waals surface area contributed by atoms with E-state index in [0.717, 1.165) is 16.7 Å². The SMILES string of the molecule is Cc1cccc(-c2c(Cl)nc3c(C)cc(C(O)(c4ccc(F)cc4)c4cncn4C)cc3c2Cl)c1. The van der Waals surface area contributed by atoms with Crippen molar-refractivity contribution < 1.29 is 9.50 Å². The Kier molecular flexibility index (Phi) is 5.88. The van der Waals surface area contributed by atoms with Crippen molar-refractivity contribution in [2.24, 2.45) is 7.05 Å². The number of imidazole rings is 1. The molecule has 2 heterocycles. The molecule has 176 valence electrons. The fourth-order valence-corrected chi connectivity index (χ4v) is 5.27. The second-order valence-corrected chi connectivity index (χ2v) is 9.49. The molecule has 2 aromatic heterocycles. The number of hydrogen-bond donors (Lipinski definition) is 1. The number of halogens is 3. The normalized spacial score (nSPS) is 13.2. The van der Waals surface area contributed by atoms with Crippen LogP contribution in [0, 0.1) is 19.7 Å². The van der Waals surface area contributed by atoms with E-state index < -0.39 is 5.60 Å². The van der Waals surface area contributed by atoms with Crippen LogP contribution in [0.5, 0.6) is 0 Å². The van der Waals surface area contributed by atoms with Gasteiger partial charge in [-0.25, -0.2) is 14.4 Å². The topological polar surface area (TPSA) is 50.9 Å². The van der Waals surface area contributed by atoms with E-state index in [1.807, 2.05) is 50.2 Å². The van der Waals surface area contributed by atoms with E-state index in [4.69, 9.17) is 23.2 Å². The van der Waals surface area contributed by atoms with Gasteiger partial charge in [0.25, 0.3) is 0 Å². The molecule has 0 saturated carbocycles. The van der Waals surface area contributed by atoms with Gasteiger partial charge in [0, 0.05) is 18.0 Å². The molecule has 1 N–H and O–H groups in total. The number of fused-ring (bicyclic) bond motifs is 1. The summed E-state index contributed by atoms with van der Waals surface area (Å²) in [6.07, 6.45) is 3.21. The van der Waals surface area contributed by atoms with Crippen LogP contribution in [-0.2, 0) is 12.6 Å². The van der Waals surface area contributed by atoms with Crippen LogP contribution >= 0.6 is 23.2 Å². The first-order valence-corrected chi connectivity index (χ1v) is 11.8. The largest absolute Gasteiger partial charge is 0.374 e. The molecule has 35 heavy (non-hydrogen) atoms. The smallest absolute Gasteiger partial charge is 0.156 e. The molecule has 0 fully saturated rings. The minimum Gasteiger partial charge on any atom is -0.374 e. The van der Waals surface area contributed by atoms with Crippen molar-refractivity contribution in [2.75, 3.05) is 0 Å². The predicted molar refractivity (Wildman–Crippen MR) is 138 cm³/mol. The number of rotatable bonds is 4. The lowest BCUT2D eigenvalue weighted by Gasteiger charge is -2.30. The van der Waals surface area contributed by atoms with Crippen molar-refractivity contribution >= 4 is 34.1 Å². The molecule has 0 bridgehead atoms. The Morgan fingerprint density at radius 3 is 2.37 bits per heavy atom. The lowest BCUT2D eigenvalue weighted by molar-refractivity contribution is 0.117. The van der Waals surface area contributed by atoms with Crippen molar-refractivity contribution in [2.45, 2.75) is 19.4 Å². The second kappa shape index (κ2) is 8.76. The highest BCUT2D eigenvalue weighted by molar-refractivity contribution is 6.42. The van der Waals surface area contributed by atoms with Gasteiger partial charge >= 0.3 is 0 Å². The first-order chi connectivity index (χ1) is 16.7. The van der Waals surface area contributed by atoms with Crippen LogP contribution in [0.1, 0.15) is 27.9 Å². The second-order valence-electron chi connectivity index (χ2n) is 8.76. The molecule has 0 radical (unpaired) electrons. The zero-order chi connectivity index (χ0) is 24.9. The van der Waals surface area contributed by atoms with Crippen molar-refractivity contribution in [1.82, 2.24) is 14.5 Å². The van der Waals surface area contributed by atoms with Gasteiger partial charge in [-0.3, -0.25) is 0 Å². The monoisotopic (exact) mass is 505 g/mol. The molecular weight excluding hydrogens is 484 g/mol. The highest BCUT2D eigenvalue weighted by Gasteiger charge is 2.37. The number of aromatic nitrogens is 3. The zero-order valence-corrected chi connectivity index (χ0v) is 20.9. The molecule has 1 unspecified atom stereocenters. The Morgan fingerprint density at radius 1 is 0.971 bits per heavy atom. The molecule has 5 rings (SSSR count). The maximum absolute atomic E-state index is 13.8. The number of nitrogens with zero attached hydrogens (tertiary/aromatic N) is 3. The quantitative estimate of drug-likeness (QED) is 0.268. The number of aliphatic hydroxyl groups is 1. The molecule has 4 nitrogen and oxygen atoms in total. The highest BCUT2D eigenvalue weighted by atomic mass is 35.5. The van der Waals surface area contributed by atoms with E-state index in [2.05, 4.69) is 9.97 Å². The first-order valence-electron chi connectivity index (χ1n) is 11.0. The summed E-state index contributed by atoms with van der Waals surface area (Å²) in [6.45, 7) is 3.89. The number of aryl methyl sites for hydroxylation is 3. The molecular formula is C28H22Cl2FN3O. The lowest BCUT2D eigenvalue weighted by Crippen LogP contribution is -2.31. The van der Waals surface area contributed by atoms with Crippen molar-refractivity contribution in [1.29, 1.82) is 0 Å². The predicted octanol–water partition coefficient (Wildman–Crippen LogP) is 6.98. The fourth-order valence-electron chi connectivity index (χ4n) is 4.59. The molecule has 3 aromatic carbocycles. The maximum atomic E-state index is 13.8. The molecule has 0 amide bonds. The van der Waals surface area contributed by atoms with Gasteiger partial charge in [-0.2, -0.15) is 0 Å². The molecule has 0 aliphatic rings. The van der Waals surface area contributed by atoms with Gasteiger partial charge in [0.1, 0.15) is 11.0 Å². The van der Waals surface area contributed by atoms with Crippen LogP contribution < -0.4 is 0 Å². The summed E-state index contributed by atoms with van der Waals surface area (Å²) in [5.74, 6) is -0.388. The van der Waals surface area contributed by atoms with Crippen LogP contribution in [0.4, 0.5) is 4.39 Å². The van der Waals surface area contributed by atoms with E-state index in [1.165, 1.54) is 12.1 Å². The summed E-state index contributed by atoms with van der Waals surface area (Å²) in [7, 11) is 1.80. The molecule has 0 aliphatic heterocycles. The molecule has 5 aromatic rings. The number of hydrogen-bond acceptors (Lipinski definition) is 3. The third kappa shape index (κ3) is 3.90. The Morgan fingerprint density at radius 2 is 1.71 bits per heavy atom. The summed E-state index contributed by atoms with van der Waals surface area (Å²) >= 11 is 13.6. The van der Waals surface area contributed by atoms with Gasteiger partial charge in [-0.15, -0.1) is 0 Å². The Bertz CT molecular complexity index is 1580. The third-order valence-electron chi connectivity index (χ3n) is 6.35. The summed E-state index contributed by atoms with van der Waals surface area (Å²) in [5, 5.41) is 13.7. The summed E-state index contributed by atoms with van der Waals surface area (Å²) in [4.78, 5) is 8.87. The van der Waals surface area contributed by atoms with Gasteiger partial charge < -0.3 is 9.67 Å². The fraction of sp³-hybridized carbons (Fsp3) is 0.143. The van der Waals surface area contributed by atoms with Crippen molar-refractivity contribution in [3.63, 3.8) is 0 Å². The van der Waals surface area contributed by atoms with E-state index in [1.54, 1.807) is 36.3 Å². The zero-order valence-electron chi connectivity index (χ0n) is 19.4. The van der Waals surface area contributed by atoms with E-state index in [-0.39, 0.29) is 5.82 Å². The van der Waals surface area contributed by atoms with Crippen LogP contribution in [0.2, 0.25) is 10.2 Å². The summed E-state index contributed by atoms with van der Waals surface area (Å²) in [6, 6.07) is 17.4. The first kappa shape index (κ1) is 23.5. The molecule has 0 aliphatic carbocycles. The van der Waals surface area contributed by atoms with Gasteiger partial charge in [-0.05, 0) is 54.3 Å². The van der Waals surface area contributed by atoms with E-state index >= 15 is 0 Å². The van der Waals surface area contributed by atoms with Gasteiger partial charge in [-0.1, -0.05) is 71.2 Å². The van der Waals surface area contributed by atoms with Gasteiger partial charge in [0.05, 0.1) is 28.8 Å². The lowest BCUT2D eigenvalue weighted by atomic mass is 9.82. The van der Waals surface area contributed by atoms with Crippen LogP contribution in [0.15, 0.2) is 73.2 Å². The molecule has 1 atom stereocenters. The maximum Gasteiger partial charge on any atom is 0.156 e. The standard InChI is InChI=1S/C28H22Cl2FN3O/c1-16-5-4-6-18(11-16)24-25(29)22-13-20(12-17(2)26(22)33-27(24)30)28(35,23-14-32-15-34(23)3)19-7-9-21(31)10-8-19/h4-15,35H,1-3H3. The highest BCUT2D eigenvalue weighted by Crippen LogP contribution is 2.43. The molecule has 0 spiro atoms. The number of pyridine rings is 1. The van der Waals surface area contributed by atoms with Crippen molar-refractivity contribution in [3.05, 3.63) is 117 Å². The minimum atomic E-state index is -1.62. The van der Waals surface area contributed by atoms with Gasteiger partial charge in [0.2, 0.25) is 0 Å². The van der Waals surface area contributed by atoms with Gasteiger partial charge in [0.15, 0.2) is 5.60 Å². The van der Waals surface area contributed by atoms with E-state index in [0.29, 0.717) is 43.5 Å². The number of benzene rings is 3. The third-order valence-corrected chi connectivity index (χ3v) is 7.01. The van der Waals surface area contributed by atoms with E-state index in [9.17, 15) is 9.50 Å². The Hall–Kier alpha value is -3.25. The summed E-state index contributed by atoms with van der Waals surface area (Å²) in [5.41, 5.74) is 3.96. The average molecular weight is 506 g/mol. The van der Waals surface area contributed by atoms with Crippen LogP contribution in [-0.4, -0.2) is 19.6 Å². The van der Waals surface area contributed by atoms with Crippen LogP contribution in [0.3, 0.4) is 0 Å². The molecule has 7 heteroatoms. The summed E-state index contributed by atoms with van der Waals surface area (Å²) < 4.78 is 15.5. The molecule has 0 saturated heterocycles. The minimum absolute atomic E-state index is 0.310. The van der Waals surface area contributed by atoms with Crippen molar-refractivity contribution in [3.8, 4) is 11.1 Å². The van der Waals surface area contributed by atoms with Crippen LogP contribution in [0.25, 0.3) is 22.0 Å². The Labute approximate surface area is 212 Å². The average Bonchev–Trinajstić information content (AvgIpc) is 3.26. The Balaban J connectivity index is 1.82.